The number of benzene rings is 1. The van der Waals surface area contributed by atoms with Crippen LogP contribution in [0.1, 0.15) is 30.9 Å². The number of carbonyl (C=O) groups is 1. The van der Waals surface area contributed by atoms with Crippen LogP contribution in [-0.4, -0.2) is 34.3 Å². The van der Waals surface area contributed by atoms with E-state index in [-0.39, 0.29) is 5.97 Å². The SMILES string of the molecule is CC1(P)N=CN2C=CC(c3cc[n+](CCCC(=O)OCc4ccccc4)cc3)=NC2=N1. The number of carbonyl (C=O) groups excluding carboxylic acids is 1. The third kappa shape index (κ3) is 5.70. The van der Waals surface area contributed by atoms with Gasteiger partial charge < -0.3 is 4.74 Å². The Morgan fingerprint density at radius 3 is 2.74 bits per heavy atom. The number of fused-ring (bicyclic) bond motifs is 1. The molecule has 2 atom stereocenters. The number of nitrogens with zero attached hydrogens (tertiary/aromatic N) is 5. The number of allylic oxidation sites excluding steroid dienone is 1. The van der Waals surface area contributed by atoms with Crippen LogP contribution in [0, 0.1) is 0 Å². The largest absolute Gasteiger partial charge is 0.461 e. The number of rotatable bonds is 7. The van der Waals surface area contributed by atoms with Crippen LogP contribution in [0.25, 0.3) is 0 Å². The van der Waals surface area contributed by atoms with Gasteiger partial charge in [0.15, 0.2) is 17.8 Å². The second-order valence-corrected chi connectivity index (χ2v) is 8.64. The van der Waals surface area contributed by atoms with E-state index in [1.807, 2.05) is 74.1 Å². The Bertz CT molecular complexity index is 1060. The molecule has 1 aromatic heterocycles. The third-order valence-corrected chi connectivity index (χ3v) is 5.12. The van der Waals surface area contributed by atoms with Gasteiger partial charge in [-0.2, -0.15) is 0 Å². The number of esters is 1. The van der Waals surface area contributed by atoms with Crippen molar-refractivity contribution in [3.63, 3.8) is 0 Å². The van der Waals surface area contributed by atoms with Gasteiger partial charge in [0.25, 0.3) is 0 Å². The monoisotopic (exact) mass is 434 g/mol. The molecule has 0 bridgehead atoms. The van der Waals surface area contributed by atoms with Crippen molar-refractivity contribution < 1.29 is 14.1 Å². The van der Waals surface area contributed by atoms with Gasteiger partial charge in [0, 0.05) is 30.3 Å². The summed E-state index contributed by atoms with van der Waals surface area (Å²) in [5.74, 6) is 0.445. The average Bonchev–Trinajstić information content (AvgIpc) is 2.78. The van der Waals surface area contributed by atoms with Crippen LogP contribution < -0.4 is 4.57 Å². The van der Waals surface area contributed by atoms with E-state index in [9.17, 15) is 4.79 Å². The van der Waals surface area contributed by atoms with Crippen LogP contribution in [0.4, 0.5) is 0 Å². The third-order valence-electron chi connectivity index (χ3n) is 4.84. The number of hydrogen-bond donors (Lipinski definition) is 0. The zero-order chi connectivity index (χ0) is 21.7. The Labute approximate surface area is 184 Å². The van der Waals surface area contributed by atoms with E-state index in [0.29, 0.717) is 19.0 Å². The van der Waals surface area contributed by atoms with Crippen molar-refractivity contribution >= 4 is 33.2 Å². The summed E-state index contributed by atoms with van der Waals surface area (Å²) < 4.78 is 7.38. The Balaban J connectivity index is 1.28. The lowest BCUT2D eigenvalue weighted by molar-refractivity contribution is -0.697. The predicted molar refractivity (Wildman–Crippen MR) is 124 cm³/mol. The molecule has 1 aromatic carbocycles. The molecule has 0 saturated heterocycles. The minimum Gasteiger partial charge on any atom is -0.461 e. The highest BCUT2D eigenvalue weighted by Gasteiger charge is 2.24. The van der Waals surface area contributed by atoms with Gasteiger partial charge in [-0.3, -0.25) is 9.69 Å². The quantitative estimate of drug-likeness (QED) is 0.382. The van der Waals surface area contributed by atoms with Gasteiger partial charge in [0.2, 0.25) is 5.96 Å². The predicted octanol–water partition coefficient (Wildman–Crippen LogP) is 3.06. The molecule has 2 aromatic rings. The summed E-state index contributed by atoms with van der Waals surface area (Å²) in [6.07, 6.45) is 10.7. The number of aromatic nitrogens is 1. The number of hydrogen-bond acceptors (Lipinski definition) is 6. The minimum absolute atomic E-state index is 0.176. The maximum Gasteiger partial charge on any atom is 0.306 e. The Morgan fingerprint density at radius 1 is 1.19 bits per heavy atom. The van der Waals surface area contributed by atoms with Crippen LogP contribution in [0.2, 0.25) is 0 Å². The first kappa shape index (κ1) is 21.1. The topological polar surface area (TPSA) is 70.5 Å². The van der Waals surface area contributed by atoms with E-state index >= 15 is 0 Å². The summed E-state index contributed by atoms with van der Waals surface area (Å²) in [6, 6.07) is 13.7. The molecule has 0 aliphatic carbocycles. The molecule has 2 aliphatic rings. The van der Waals surface area contributed by atoms with Gasteiger partial charge in [-0.25, -0.2) is 19.5 Å². The smallest absolute Gasteiger partial charge is 0.306 e. The Hall–Kier alpha value is -3.18. The zero-order valence-corrected chi connectivity index (χ0v) is 18.5. The van der Waals surface area contributed by atoms with Crippen LogP contribution in [0.3, 0.4) is 0 Å². The van der Waals surface area contributed by atoms with Gasteiger partial charge in [-0.15, -0.1) is 0 Å². The summed E-state index contributed by atoms with van der Waals surface area (Å²) in [7, 11) is 2.62. The van der Waals surface area contributed by atoms with Crippen LogP contribution in [0.15, 0.2) is 82.1 Å². The van der Waals surface area contributed by atoms with Crippen LogP contribution >= 0.6 is 9.24 Å². The van der Waals surface area contributed by atoms with E-state index < -0.39 is 5.40 Å². The number of aliphatic imine (C=N–C) groups is 3. The fourth-order valence-electron chi connectivity index (χ4n) is 3.16. The molecule has 3 heterocycles. The molecular formula is C23H25N5O2P+. The van der Waals surface area contributed by atoms with E-state index in [4.69, 9.17) is 4.74 Å². The van der Waals surface area contributed by atoms with E-state index in [0.717, 1.165) is 29.8 Å². The van der Waals surface area contributed by atoms with Crippen molar-refractivity contribution in [3.05, 3.63) is 78.3 Å². The fourth-order valence-corrected chi connectivity index (χ4v) is 3.34. The lowest BCUT2D eigenvalue weighted by atomic mass is 10.1. The summed E-state index contributed by atoms with van der Waals surface area (Å²) in [5.41, 5.74) is 2.85. The molecule has 0 N–H and O–H groups in total. The highest BCUT2D eigenvalue weighted by Crippen LogP contribution is 2.25. The van der Waals surface area contributed by atoms with Crippen LogP contribution in [-0.2, 0) is 22.7 Å². The molecule has 0 spiro atoms. The highest BCUT2D eigenvalue weighted by molar-refractivity contribution is 7.18. The van der Waals surface area contributed by atoms with Gasteiger partial charge in [0.1, 0.15) is 13.2 Å². The fraction of sp³-hybridized carbons (Fsp3) is 0.261. The molecule has 0 fully saturated rings. The molecule has 2 unspecified atom stereocenters. The van der Waals surface area contributed by atoms with Crippen molar-refractivity contribution in [1.82, 2.24) is 4.90 Å². The maximum atomic E-state index is 11.9. The van der Waals surface area contributed by atoms with Gasteiger partial charge in [0.05, 0.1) is 18.5 Å². The minimum atomic E-state index is -0.576. The van der Waals surface area contributed by atoms with Crippen molar-refractivity contribution in [2.24, 2.45) is 15.0 Å². The normalized spacial score (nSPS) is 19.5. The molecule has 7 nitrogen and oxygen atoms in total. The number of ether oxygens (including phenoxy) is 1. The molecule has 158 valence electrons. The molecule has 31 heavy (non-hydrogen) atoms. The van der Waals surface area contributed by atoms with E-state index in [2.05, 4.69) is 28.8 Å². The summed E-state index contributed by atoms with van der Waals surface area (Å²) in [5, 5.41) is -0.576. The van der Waals surface area contributed by atoms with Gasteiger partial charge in [-0.05, 0) is 18.6 Å². The number of aryl methyl sites for hydroxylation is 1. The molecule has 0 amide bonds. The number of pyridine rings is 1. The van der Waals surface area contributed by atoms with Crippen molar-refractivity contribution in [2.75, 3.05) is 0 Å². The summed E-state index contributed by atoms with van der Waals surface area (Å²) in [4.78, 5) is 27.3. The first-order valence-corrected chi connectivity index (χ1v) is 10.7. The van der Waals surface area contributed by atoms with Crippen molar-refractivity contribution in [2.45, 2.75) is 38.3 Å². The van der Waals surface area contributed by atoms with Crippen molar-refractivity contribution in [3.8, 4) is 0 Å². The molecule has 4 rings (SSSR count). The van der Waals surface area contributed by atoms with E-state index in [1.54, 1.807) is 11.2 Å². The second kappa shape index (κ2) is 9.31. The standard InChI is InChI=1S/C23H25N5O2P/c1-23(31)24-17-28-15-11-20(25-22(28)26-23)19-9-13-27(14-10-19)12-5-8-21(29)30-16-18-6-3-2-4-7-18/h2-4,6-7,9-11,13-15,17H,5,8,12,16,31H2,1H3/q+1. The molecular weight excluding hydrogens is 409 g/mol. The van der Waals surface area contributed by atoms with Gasteiger partial charge in [-0.1, -0.05) is 39.6 Å². The zero-order valence-electron chi connectivity index (χ0n) is 17.4. The average molecular weight is 434 g/mol. The molecule has 0 saturated carbocycles. The molecule has 8 heteroatoms. The Morgan fingerprint density at radius 2 is 1.97 bits per heavy atom. The summed E-state index contributed by atoms with van der Waals surface area (Å²) >= 11 is 0. The van der Waals surface area contributed by atoms with Gasteiger partial charge >= 0.3 is 5.97 Å². The molecule has 2 aliphatic heterocycles. The second-order valence-electron chi connectivity index (χ2n) is 7.54. The lowest BCUT2D eigenvalue weighted by Gasteiger charge is -2.27. The summed E-state index contributed by atoms with van der Waals surface area (Å²) in [6.45, 7) is 2.97. The Kier molecular flexibility index (Phi) is 6.33. The number of guanidine groups is 1. The molecule has 0 radical (unpaired) electrons. The highest BCUT2D eigenvalue weighted by atomic mass is 31.0. The lowest BCUT2D eigenvalue weighted by Crippen LogP contribution is -2.35. The first-order chi connectivity index (χ1) is 15.0. The first-order valence-electron chi connectivity index (χ1n) is 10.2. The van der Waals surface area contributed by atoms with Crippen LogP contribution in [0.5, 0.6) is 0 Å². The van der Waals surface area contributed by atoms with E-state index in [1.165, 1.54) is 0 Å². The van der Waals surface area contributed by atoms with Crippen molar-refractivity contribution in [1.29, 1.82) is 0 Å². The maximum absolute atomic E-state index is 11.9.